The molecule has 0 aromatic heterocycles. The van der Waals surface area contributed by atoms with Gasteiger partial charge in [-0.1, -0.05) is 37.3 Å². The Kier molecular flexibility index (Phi) is 10.1. The minimum atomic E-state index is -3.97. The summed E-state index contributed by atoms with van der Waals surface area (Å²) in [5.41, 5.74) is 1.11. The second kappa shape index (κ2) is 12.6. The zero-order valence-corrected chi connectivity index (χ0v) is 22.1. The molecule has 192 valence electrons. The molecule has 1 N–H and O–H groups in total. The second-order valence-electron chi connectivity index (χ2n) is 8.50. The van der Waals surface area contributed by atoms with Gasteiger partial charge in [0.25, 0.3) is 0 Å². The van der Waals surface area contributed by atoms with Gasteiger partial charge in [-0.25, -0.2) is 4.31 Å². The molecule has 2 atom stereocenters. The van der Waals surface area contributed by atoms with E-state index in [1.807, 2.05) is 19.9 Å². The number of amides is 2. The van der Waals surface area contributed by atoms with Crippen LogP contribution >= 0.6 is 0 Å². The summed E-state index contributed by atoms with van der Waals surface area (Å²) in [7, 11) is 0.393. The minimum absolute atomic E-state index is 0.0614. The van der Waals surface area contributed by atoms with E-state index in [1.54, 1.807) is 62.6 Å². The Bertz CT molecular complexity index is 1090. The lowest BCUT2D eigenvalue weighted by Crippen LogP contribution is -2.53. The van der Waals surface area contributed by atoms with Crippen molar-refractivity contribution in [1.82, 2.24) is 14.5 Å². The Balaban J connectivity index is 2.44. The standard InChI is InChI=1S/C25H36N4O5S/c1-7-19(2)26-25(31)20(3)28(17-21-12-11-15-23(16-21)34-6)24(30)18-29(35(32,33)27(4)5)22-13-9-8-10-14-22/h8-16,19-20H,7,17-18H2,1-6H3,(H,26,31)/t19-,20+/m1/s1. The van der Waals surface area contributed by atoms with Crippen LogP contribution in [0, 0.1) is 0 Å². The maximum atomic E-state index is 13.6. The van der Waals surface area contributed by atoms with Crippen LogP contribution in [0.25, 0.3) is 0 Å². The molecule has 0 unspecified atom stereocenters. The van der Waals surface area contributed by atoms with Gasteiger partial charge in [0.2, 0.25) is 11.8 Å². The number of hydrogen-bond donors (Lipinski definition) is 1. The van der Waals surface area contributed by atoms with Crippen molar-refractivity contribution < 1.29 is 22.7 Å². The summed E-state index contributed by atoms with van der Waals surface area (Å²) in [6.07, 6.45) is 0.741. The third kappa shape index (κ3) is 7.43. The fraction of sp³-hybridized carbons (Fsp3) is 0.440. The smallest absolute Gasteiger partial charge is 0.304 e. The summed E-state index contributed by atoms with van der Waals surface area (Å²) >= 11 is 0. The lowest BCUT2D eigenvalue weighted by atomic mass is 10.1. The highest BCUT2D eigenvalue weighted by Crippen LogP contribution is 2.21. The van der Waals surface area contributed by atoms with Crippen LogP contribution in [0.3, 0.4) is 0 Å². The normalized spacial score (nSPS) is 13.1. The quantitative estimate of drug-likeness (QED) is 0.479. The molecule has 0 heterocycles. The summed E-state index contributed by atoms with van der Waals surface area (Å²) in [4.78, 5) is 28.0. The molecule has 2 aromatic rings. The van der Waals surface area contributed by atoms with Gasteiger partial charge in [-0.05, 0) is 50.1 Å². The third-order valence-corrected chi connectivity index (χ3v) is 7.54. The predicted molar refractivity (Wildman–Crippen MR) is 137 cm³/mol. The van der Waals surface area contributed by atoms with Gasteiger partial charge >= 0.3 is 10.2 Å². The van der Waals surface area contributed by atoms with E-state index in [9.17, 15) is 18.0 Å². The van der Waals surface area contributed by atoms with Crippen molar-refractivity contribution in [2.75, 3.05) is 32.1 Å². The molecule has 0 spiro atoms. The highest BCUT2D eigenvalue weighted by Gasteiger charge is 2.32. The van der Waals surface area contributed by atoms with Crippen LogP contribution < -0.4 is 14.4 Å². The average Bonchev–Trinajstić information content (AvgIpc) is 2.85. The van der Waals surface area contributed by atoms with Crippen molar-refractivity contribution in [1.29, 1.82) is 0 Å². The van der Waals surface area contributed by atoms with Gasteiger partial charge in [-0.3, -0.25) is 9.59 Å². The molecule has 2 rings (SSSR count). The van der Waals surface area contributed by atoms with Crippen LogP contribution in [0.2, 0.25) is 0 Å². The summed E-state index contributed by atoms with van der Waals surface area (Å²) in [6.45, 7) is 5.13. The zero-order chi connectivity index (χ0) is 26.2. The van der Waals surface area contributed by atoms with E-state index < -0.39 is 28.7 Å². The lowest BCUT2D eigenvalue weighted by molar-refractivity contribution is -0.139. The Labute approximate surface area is 208 Å². The van der Waals surface area contributed by atoms with Gasteiger partial charge < -0.3 is 15.0 Å². The Morgan fingerprint density at radius 3 is 2.26 bits per heavy atom. The summed E-state index contributed by atoms with van der Waals surface area (Å²) in [5.74, 6) is -0.195. The maximum Gasteiger partial charge on any atom is 0.304 e. The molecule has 0 aliphatic heterocycles. The first-order valence-corrected chi connectivity index (χ1v) is 12.9. The van der Waals surface area contributed by atoms with Crippen molar-refractivity contribution in [3.8, 4) is 5.75 Å². The summed E-state index contributed by atoms with van der Waals surface area (Å²) in [5, 5.41) is 2.91. The second-order valence-corrected chi connectivity index (χ2v) is 10.6. The van der Waals surface area contributed by atoms with Gasteiger partial charge in [0.05, 0.1) is 12.8 Å². The summed E-state index contributed by atoms with van der Waals surface area (Å²) in [6, 6.07) is 14.7. The molecular formula is C25H36N4O5S. The largest absolute Gasteiger partial charge is 0.497 e. The molecule has 0 saturated carbocycles. The first-order valence-electron chi connectivity index (χ1n) is 11.5. The van der Waals surface area contributed by atoms with Gasteiger partial charge in [-0.2, -0.15) is 12.7 Å². The third-order valence-electron chi connectivity index (χ3n) is 5.72. The molecule has 0 aliphatic rings. The van der Waals surface area contributed by atoms with Gasteiger partial charge in [-0.15, -0.1) is 0 Å². The highest BCUT2D eigenvalue weighted by molar-refractivity contribution is 7.90. The topological polar surface area (TPSA) is 99.3 Å². The molecule has 35 heavy (non-hydrogen) atoms. The maximum absolute atomic E-state index is 13.6. The highest BCUT2D eigenvalue weighted by atomic mass is 32.2. The van der Waals surface area contributed by atoms with E-state index in [2.05, 4.69) is 5.32 Å². The number of ether oxygens (including phenoxy) is 1. The fourth-order valence-electron chi connectivity index (χ4n) is 3.33. The number of methoxy groups -OCH3 is 1. The molecule has 2 aromatic carbocycles. The van der Waals surface area contributed by atoms with Crippen molar-refractivity contribution in [3.63, 3.8) is 0 Å². The Hall–Kier alpha value is -3.11. The molecule has 10 heteroatoms. The van der Waals surface area contributed by atoms with Crippen molar-refractivity contribution in [3.05, 3.63) is 60.2 Å². The van der Waals surface area contributed by atoms with E-state index >= 15 is 0 Å². The molecule has 0 saturated heterocycles. The molecule has 2 amide bonds. The monoisotopic (exact) mass is 504 g/mol. The number of benzene rings is 2. The van der Waals surface area contributed by atoms with Crippen LogP contribution in [0.15, 0.2) is 54.6 Å². The fourth-order valence-corrected chi connectivity index (χ4v) is 4.38. The number of nitrogens with zero attached hydrogens (tertiary/aromatic N) is 3. The first kappa shape index (κ1) is 28.1. The number of rotatable bonds is 12. The van der Waals surface area contributed by atoms with Crippen LogP contribution in [-0.2, 0) is 26.3 Å². The predicted octanol–water partition coefficient (Wildman–Crippen LogP) is 2.64. The molecule has 0 fully saturated rings. The van der Waals surface area contributed by atoms with Crippen molar-refractivity contribution in [2.45, 2.75) is 45.8 Å². The molecule has 0 bridgehead atoms. The van der Waals surface area contributed by atoms with E-state index in [0.29, 0.717) is 11.4 Å². The van der Waals surface area contributed by atoms with Gasteiger partial charge in [0.1, 0.15) is 18.3 Å². The average molecular weight is 505 g/mol. The number of nitrogens with one attached hydrogen (secondary N) is 1. The van der Waals surface area contributed by atoms with Crippen LogP contribution in [0.1, 0.15) is 32.8 Å². The van der Waals surface area contributed by atoms with Crippen LogP contribution in [0.5, 0.6) is 5.75 Å². The van der Waals surface area contributed by atoms with Crippen LogP contribution in [-0.4, -0.2) is 69.3 Å². The number of para-hydroxylation sites is 1. The van der Waals surface area contributed by atoms with Crippen LogP contribution in [0.4, 0.5) is 5.69 Å². The number of carbonyl (C=O) groups is 2. The Morgan fingerprint density at radius 2 is 1.69 bits per heavy atom. The number of carbonyl (C=O) groups excluding carboxylic acids is 2. The minimum Gasteiger partial charge on any atom is -0.497 e. The van der Waals surface area contributed by atoms with E-state index in [4.69, 9.17) is 4.74 Å². The van der Waals surface area contributed by atoms with Gasteiger partial charge in [0, 0.05) is 26.7 Å². The molecule has 0 aliphatic carbocycles. The van der Waals surface area contributed by atoms with E-state index in [-0.39, 0.29) is 18.5 Å². The number of anilines is 1. The van der Waals surface area contributed by atoms with Gasteiger partial charge in [0.15, 0.2) is 0 Å². The SMILES string of the molecule is CC[C@@H](C)NC(=O)[C@H](C)N(Cc1cccc(OC)c1)C(=O)CN(c1ccccc1)S(=O)(=O)N(C)C. The molecular weight excluding hydrogens is 468 g/mol. The van der Waals surface area contributed by atoms with Crippen molar-refractivity contribution in [2.24, 2.45) is 0 Å². The number of hydrogen-bond acceptors (Lipinski definition) is 5. The summed E-state index contributed by atoms with van der Waals surface area (Å²) < 4.78 is 33.6. The Morgan fingerprint density at radius 1 is 1.03 bits per heavy atom. The molecule has 9 nitrogen and oxygen atoms in total. The lowest BCUT2D eigenvalue weighted by Gasteiger charge is -2.33. The zero-order valence-electron chi connectivity index (χ0n) is 21.3. The van der Waals surface area contributed by atoms with E-state index in [1.165, 1.54) is 19.0 Å². The van der Waals surface area contributed by atoms with Crippen molar-refractivity contribution >= 4 is 27.7 Å². The first-order chi connectivity index (χ1) is 16.5. The molecule has 0 radical (unpaired) electrons. The van der Waals surface area contributed by atoms with E-state index in [0.717, 1.165) is 20.6 Å².